The predicted molar refractivity (Wildman–Crippen MR) is 91.6 cm³/mol. The van der Waals surface area contributed by atoms with Crippen LogP contribution < -0.4 is 5.32 Å². The number of hydrogen-bond donors (Lipinski definition) is 1. The first-order valence-electron chi connectivity index (χ1n) is 8.39. The van der Waals surface area contributed by atoms with Gasteiger partial charge in [0.25, 0.3) is 6.47 Å². The molecule has 0 radical (unpaired) electrons. The van der Waals surface area contributed by atoms with Gasteiger partial charge < -0.3 is 10.1 Å². The third-order valence-corrected chi connectivity index (χ3v) is 6.77. The normalized spacial score (nSPS) is 19.6. The van der Waals surface area contributed by atoms with Crippen LogP contribution in [0.1, 0.15) is 35.8 Å². The number of rotatable bonds is 8. The van der Waals surface area contributed by atoms with Crippen LogP contribution in [0.25, 0.3) is 0 Å². The lowest BCUT2D eigenvalue weighted by Gasteiger charge is -2.33. The van der Waals surface area contributed by atoms with E-state index in [1.807, 2.05) is 0 Å². The Morgan fingerprint density at radius 3 is 2.54 bits per heavy atom. The Morgan fingerprint density at radius 1 is 1.43 bits per heavy atom. The fraction of sp³-hybridized carbons (Fsp3) is 0.625. The number of nitrogens with zero attached hydrogens (tertiary/aromatic N) is 2. The zero-order chi connectivity index (χ0) is 21.2. The second-order valence-electron chi connectivity index (χ2n) is 6.62. The van der Waals surface area contributed by atoms with E-state index in [0.717, 1.165) is 17.0 Å². The van der Waals surface area contributed by atoms with Crippen LogP contribution in [0, 0.1) is 0 Å². The van der Waals surface area contributed by atoms with Crippen molar-refractivity contribution in [3.05, 3.63) is 30.1 Å². The van der Waals surface area contributed by atoms with E-state index in [9.17, 15) is 30.8 Å². The summed E-state index contributed by atoms with van der Waals surface area (Å²) in [6.07, 6.45) is -3.93. The molecule has 158 valence electrons. The van der Waals surface area contributed by atoms with Gasteiger partial charge in [0.1, 0.15) is 10.9 Å². The van der Waals surface area contributed by atoms with Crippen LogP contribution in [0.2, 0.25) is 0 Å². The van der Waals surface area contributed by atoms with Gasteiger partial charge in [0.05, 0.1) is 0 Å². The van der Waals surface area contributed by atoms with E-state index in [-0.39, 0.29) is 19.3 Å². The summed E-state index contributed by atoms with van der Waals surface area (Å²) in [5.74, 6) is 0. The predicted octanol–water partition coefficient (Wildman–Crippen LogP) is 2.06. The number of halogens is 4. The van der Waals surface area contributed by atoms with Gasteiger partial charge in [0, 0.05) is 25.2 Å². The summed E-state index contributed by atoms with van der Waals surface area (Å²) in [7, 11) is -3.42. The molecule has 1 aromatic rings. The zero-order valence-corrected chi connectivity index (χ0v) is 15.9. The van der Waals surface area contributed by atoms with Crippen molar-refractivity contribution in [1.82, 2.24) is 15.1 Å². The molecule has 0 aromatic carbocycles. The van der Waals surface area contributed by atoms with E-state index >= 15 is 0 Å². The minimum atomic E-state index is -4.91. The second-order valence-corrected chi connectivity index (χ2v) is 8.83. The average molecular weight is 427 g/mol. The quantitative estimate of drug-likeness (QED) is 0.388. The van der Waals surface area contributed by atoms with Crippen LogP contribution in [-0.4, -0.2) is 48.9 Å². The van der Waals surface area contributed by atoms with Crippen LogP contribution in [0.3, 0.4) is 0 Å². The lowest BCUT2D eigenvalue weighted by Crippen LogP contribution is -2.43. The van der Waals surface area contributed by atoms with Crippen molar-refractivity contribution < 1.29 is 35.5 Å². The molecule has 0 amide bonds. The zero-order valence-electron chi connectivity index (χ0n) is 15.1. The molecule has 28 heavy (non-hydrogen) atoms. The van der Waals surface area contributed by atoms with E-state index in [4.69, 9.17) is 0 Å². The van der Waals surface area contributed by atoms with E-state index in [1.165, 1.54) is 7.05 Å². The number of aryl methyl sites for hydroxylation is 1. The van der Waals surface area contributed by atoms with Gasteiger partial charge in [-0.05, 0) is 25.9 Å². The van der Waals surface area contributed by atoms with Crippen molar-refractivity contribution in [2.75, 3.05) is 13.1 Å². The number of nitrogens with one attached hydrogen (secondary N) is 1. The largest absolute Gasteiger partial charge is 0.448 e. The lowest BCUT2D eigenvalue weighted by atomic mass is 9.91. The van der Waals surface area contributed by atoms with Crippen molar-refractivity contribution >= 4 is 16.3 Å². The van der Waals surface area contributed by atoms with Gasteiger partial charge in [-0.15, -0.1) is 6.58 Å². The molecule has 1 aliphatic heterocycles. The summed E-state index contributed by atoms with van der Waals surface area (Å²) in [5, 5.41) is 4.32. The maximum Gasteiger partial charge on any atom is 0.435 e. The summed E-state index contributed by atoms with van der Waals surface area (Å²) in [5.41, 5.74) is -5.95. The molecule has 1 N–H and O–H groups in total. The fourth-order valence-electron chi connectivity index (χ4n) is 3.22. The number of carbonyl (C=O) groups excluding carboxylic acids is 1. The van der Waals surface area contributed by atoms with Crippen molar-refractivity contribution in [1.29, 1.82) is 0 Å². The summed E-state index contributed by atoms with van der Waals surface area (Å²) in [6, 6.07) is 0. The van der Waals surface area contributed by atoms with E-state index in [2.05, 4.69) is 21.7 Å². The number of sulfone groups is 1. The molecule has 2 rings (SSSR count). The first-order chi connectivity index (χ1) is 12.9. The smallest absolute Gasteiger partial charge is 0.435 e. The van der Waals surface area contributed by atoms with Gasteiger partial charge in [0.2, 0.25) is 5.44 Å². The third kappa shape index (κ3) is 4.72. The molecule has 2 unspecified atom stereocenters. The van der Waals surface area contributed by atoms with Crippen LogP contribution in [0.15, 0.2) is 18.9 Å². The van der Waals surface area contributed by atoms with Gasteiger partial charge in [-0.1, -0.05) is 6.08 Å². The number of carbonyl (C=O) groups is 1. The van der Waals surface area contributed by atoms with Crippen molar-refractivity contribution in [3.63, 3.8) is 0 Å². The highest BCUT2D eigenvalue weighted by Crippen LogP contribution is 2.40. The summed E-state index contributed by atoms with van der Waals surface area (Å²) >= 11 is 0. The number of hydrogen-bond acceptors (Lipinski definition) is 6. The summed E-state index contributed by atoms with van der Waals surface area (Å²) in [4.78, 5) is 10.8. The highest BCUT2D eigenvalue weighted by Gasteiger charge is 2.46. The molecule has 2 heterocycles. The number of aromatic nitrogens is 2. The molecule has 1 fully saturated rings. The molecule has 1 aliphatic rings. The monoisotopic (exact) mass is 427 g/mol. The maximum atomic E-state index is 15.0. The van der Waals surface area contributed by atoms with Crippen LogP contribution in [-0.2, 0) is 32.6 Å². The average Bonchev–Trinajstić information content (AvgIpc) is 2.97. The minimum absolute atomic E-state index is 0.0132. The maximum absolute atomic E-state index is 15.0. The second kappa shape index (κ2) is 8.19. The third-order valence-electron chi connectivity index (χ3n) is 4.61. The first kappa shape index (κ1) is 22.3. The molecular weight excluding hydrogens is 406 g/mol. The molecule has 0 bridgehead atoms. The Balaban J connectivity index is 2.45. The van der Waals surface area contributed by atoms with Crippen molar-refractivity contribution in [2.45, 2.75) is 41.8 Å². The number of alkyl halides is 4. The SMILES string of the molecule is C=CC(c1cn(C)nc1C(F)(F)F)S(=O)(=O)C(CC1(F)CCNCC1)OC=O. The minimum Gasteiger partial charge on any atom is -0.448 e. The first-order valence-corrected chi connectivity index (χ1v) is 10.0. The van der Waals surface area contributed by atoms with Gasteiger partial charge in [0.15, 0.2) is 15.5 Å². The van der Waals surface area contributed by atoms with Crippen molar-refractivity contribution in [3.8, 4) is 0 Å². The summed E-state index contributed by atoms with van der Waals surface area (Å²) in [6.45, 7) is 3.76. The van der Waals surface area contributed by atoms with Crippen molar-refractivity contribution in [2.24, 2.45) is 7.05 Å². The Labute approximate surface area is 159 Å². The molecule has 1 saturated heterocycles. The molecule has 0 aliphatic carbocycles. The van der Waals surface area contributed by atoms with Crippen LogP contribution in [0.5, 0.6) is 0 Å². The molecule has 0 spiro atoms. The Hall–Kier alpha value is -1.95. The molecule has 0 saturated carbocycles. The van der Waals surface area contributed by atoms with Crippen LogP contribution in [0.4, 0.5) is 17.6 Å². The van der Waals surface area contributed by atoms with E-state index < -0.39 is 50.0 Å². The Morgan fingerprint density at radius 2 is 2.04 bits per heavy atom. The topological polar surface area (TPSA) is 90.3 Å². The van der Waals surface area contributed by atoms with Gasteiger partial charge >= 0.3 is 6.18 Å². The summed E-state index contributed by atoms with van der Waals surface area (Å²) < 4.78 is 86.3. The lowest BCUT2D eigenvalue weighted by molar-refractivity contribution is -0.142. The number of piperidine rings is 1. The Kier molecular flexibility index (Phi) is 6.54. The standard InChI is InChI=1S/C16H21F4N3O4S/c1-3-12(11-9-23(2)22-14(11)16(18,19)20)28(25,26)13(27-10-24)8-15(17)4-6-21-7-5-15/h3,9-10,12-13,21H,1,4-8H2,2H3. The molecular formula is C16H21F4N3O4S. The highest BCUT2D eigenvalue weighted by molar-refractivity contribution is 7.92. The highest BCUT2D eigenvalue weighted by atomic mass is 32.2. The fourth-order valence-corrected chi connectivity index (χ4v) is 5.07. The molecule has 12 heteroatoms. The molecule has 1 aromatic heterocycles. The number of ether oxygens (including phenoxy) is 1. The van der Waals surface area contributed by atoms with Crippen LogP contribution >= 0.6 is 0 Å². The molecule has 2 atom stereocenters. The Bertz CT molecular complexity index is 816. The van der Waals surface area contributed by atoms with E-state index in [0.29, 0.717) is 13.1 Å². The van der Waals surface area contributed by atoms with Gasteiger partial charge in [-0.25, -0.2) is 12.8 Å². The van der Waals surface area contributed by atoms with Gasteiger partial charge in [-0.3, -0.25) is 9.48 Å². The van der Waals surface area contributed by atoms with E-state index in [1.54, 1.807) is 0 Å². The molecule has 7 nitrogen and oxygen atoms in total. The van der Waals surface area contributed by atoms with Gasteiger partial charge in [-0.2, -0.15) is 18.3 Å².